The number of urea groups is 1. The molecule has 0 spiro atoms. The minimum absolute atomic E-state index is 0.00951. The molecule has 0 saturated carbocycles. The number of carbonyl (C=O) groups is 1. The van der Waals surface area contributed by atoms with Crippen LogP contribution in [0.4, 0.5) is 10.6 Å². The average molecular weight is 253 g/mol. The Morgan fingerprint density at radius 3 is 3.06 bits per heavy atom. The average Bonchev–Trinajstić information content (AvgIpc) is 2.63. The summed E-state index contributed by atoms with van der Waals surface area (Å²) in [5, 5.41) is 3.43. The van der Waals surface area contributed by atoms with Crippen molar-refractivity contribution in [3.8, 4) is 0 Å². The van der Waals surface area contributed by atoms with Gasteiger partial charge in [0, 0.05) is 37.1 Å². The van der Waals surface area contributed by atoms with Crippen LogP contribution in [0.3, 0.4) is 0 Å². The van der Waals surface area contributed by atoms with Crippen molar-refractivity contribution >= 4 is 23.6 Å². The number of nitrogen functional groups attached to an aromatic ring is 1. The summed E-state index contributed by atoms with van der Waals surface area (Å²) in [6.45, 7) is 4.09. The molecule has 1 aliphatic rings. The van der Waals surface area contributed by atoms with Crippen molar-refractivity contribution in [3.05, 3.63) is 11.8 Å². The van der Waals surface area contributed by atoms with E-state index < -0.39 is 0 Å². The van der Waals surface area contributed by atoms with Crippen molar-refractivity contribution in [2.45, 2.75) is 12.1 Å². The quantitative estimate of drug-likeness (QED) is 0.602. The fraction of sp³-hybridized carbons (Fsp3) is 0.500. The van der Waals surface area contributed by atoms with E-state index in [0.29, 0.717) is 17.5 Å². The molecule has 92 valence electrons. The zero-order valence-electron chi connectivity index (χ0n) is 9.64. The molecule has 2 amide bonds. The van der Waals surface area contributed by atoms with Crippen LogP contribution in [0.5, 0.6) is 0 Å². The van der Waals surface area contributed by atoms with E-state index in [1.54, 1.807) is 11.0 Å². The lowest BCUT2D eigenvalue weighted by Gasteiger charge is -2.12. The molecular formula is C10H15N5OS. The smallest absolute Gasteiger partial charge is 0.317 e. The Bertz CT molecular complexity index is 405. The maximum atomic E-state index is 11.3. The highest BCUT2D eigenvalue weighted by Gasteiger charge is 2.18. The van der Waals surface area contributed by atoms with Gasteiger partial charge in [-0.1, -0.05) is 11.8 Å². The number of nitrogens with zero attached hydrogens (tertiary/aromatic N) is 3. The molecule has 0 bridgehead atoms. The van der Waals surface area contributed by atoms with Gasteiger partial charge in [-0.15, -0.1) is 0 Å². The van der Waals surface area contributed by atoms with E-state index in [2.05, 4.69) is 15.3 Å². The molecule has 0 radical (unpaired) electrons. The lowest BCUT2D eigenvalue weighted by atomic mass is 10.4. The molecule has 0 aromatic carbocycles. The summed E-state index contributed by atoms with van der Waals surface area (Å²) in [5.41, 5.74) is 6.50. The normalized spacial score (nSPS) is 15.1. The van der Waals surface area contributed by atoms with Gasteiger partial charge in [0.2, 0.25) is 0 Å². The highest BCUT2D eigenvalue weighted by Crippen LogP contribution is 2.15. The van der Waals surface area contributed by atoms with Crippen molar-refractivity contribution < 1.29 is 4.79 Å². The summed E-state index contributed by atoms with van der Waals surface area (Å²) in [6.07, 6.45) is 0. The molecule has 1 fully saturated rings. The molecule has 17 heavy (non-hydrogen) atoms. The fourth-order valence-corrected chi connectivity index (χ4v) is 2.47. The van der Waals surface area contributed by atoms with Crippen LogP contribution in [0.25, 0.3) is 0 Å². The third-order valence-electron chi connectivity index (χ3n) is 2.39. The van der Waals surface area contributed by atoms with Crippen molar-refractivity contribution in [1.82, 2.24) is 20.2 Å². The second-order valence-electron chi connectivity index (χ2n) is 3.78. The SMILES string of the molecule is Cc1cc(N)nc(SCCN2CCNC2=O)n1. The van der Waals surface area contributed by atoms with Crippen molar-refractivity contribution in [1.29, 1.82) is 0 Å². The molecule has 7 heteroatoms. The topological polar surface area (TPSA) is 84.1 Å². The Morgan fingerprint density at radius 2 is 2.41 bits per heavy atom. The number of aryl methyl sites for hydroxylation is 1. The Morgan fingerprint density at radius 1 is 1.59 bits per heavy atom. The summed E-state index contributed by atoms with van der Waals surface area (Å²) >= 11 is 1.51. The zero-order valence-corrected chi connectivity index (χ0v) is 10.5. The molecule has 6 nitrogen and oxygen atoms in total. The molecule has 1 saturated heterocycles. The Kier molecular flexibility index (Phi) is 3.68. The number of anilines is 1. The van der Waals surface area contributed by atoms with Crippen LogP contribution < -0.4 is 11.1 Å². The van der Waals surface area contributed by atoms with Crippen molar-refractivity contribution in [2.75, 3.05) is 31.1 Å². The highest BCUT2D eigenvalue weighted by molar-refractivity contribution is 7.99. The molecule has 0 atom stereocenters. The zero-order chi connectivity index (χ0) is 12.3. The summed E-state index contributed by atoms with van der Waals surface area (Å²) in [5.74, 6) is 1.26. The molecule has 1 aromatic heterocycles. The van der Waals surface area contributed by atoms with Gasteiger partial charge in [-0.2, -0.15) is 0 Å². The van der Waals surface area contributed by atoms with E-state index in [1.165, 1.54) is 11.8 Å². The van der Waals surface area contributed by atoms with E-state index in [-0.39, 0.29) is 6.03 Å². The predicted octanol–water partition coefficient (Wildman–Crippen LogP) is 0.485. The van der Waals surface area contributed by atoms with Gasteiger partial charge < -0.3 is 16.0 Å². The van der Waals surface area contributed by atoms with Gasteiger partial charge in [-0.25, -0.2) is 14.8 Å². The first-order chi connectivity index (χ1) is 8.15. The number of carbonyl (C=O) groups excluding carboxylic acids is 1. The molecule has 2 rings (SSSR count). The third-order valence-corrected chi connectivity index (χ3v) is 3.22. The summed E-state index contributed by atoms with van der Waals surface area (Å²) in [4.78, 5) is 21.5. The van der Waals surface area contributed by atoms with Gasteiger partial charge in [-0.3, -0.25) is 0 Å². The third kappa shape index (κ3) is 3.23. The molecule has 1 aromatic rings. The first-order valence-electron chi connectivity index (χ1n) is 5.42. The Hall–Kier alpha value is -1.50. The second-order valence-corrected chi connectivity index (χ2v) is 4.85. The van der Waals surface area contributed by atoms with Crippen LogP contribution in [0.15, 0.2) is 11.2 Å². The predicted molar refractivity (Wildman–Crippen MR) is 66.9 cm³/mol. The maximum Gasteiger partial charge on any atom is 0.317 e. The van der Waals surface area contributed by atoms with Crippen molar-refractivity contribution in [3.63, 3.8) is 0 Å². The van der Waals surface area contributed by atoms with Crippen LogP contribution in [-0.2, 0) is 0 Å². The summed E-state index contributed by atoms with van der Waals surface area (Å²) < 4.78 is 0. The van der Waals surface area contributed by atoms with Crippen LogP contribution >= 0.6 is 11.8 Å². The largest absolute Gasteiger partial charge is 0.384 e. The van der Waals surface area contributed by atoms with Crippen LogP contribution in [0.1, 0.15) is 5.69 Å². The molecule has 0 aliphatic carbocycles. The molecular weight excluding hydrogens is 238 g/mol. The van der Waals surface area contributed by atoms with E-state index in [4.69, 9.17) is 5.73 Å². The van der Waals surface area contributed by atoms with Crippen LogP contribution in [0.2, 0.25) is 0 Å². The minimum Gasteiger partial charge on any atom is -0.384 e. The van der Waals surface area contributed by atoms with Crippen LogP contribution in [-0.4, -0.2) is 46.3 Å². The number of amides is 2. The summed E-state index contributed by atoms with van der Waals surface area (Å²) in [7, 11) is 0. The first-order valence-corrected chi connectivity index (χ1v) is 6.40. The Labute approximate surface area is 104 Å². The van der Waals surface area contributed by atoms with Crippen molar-refractivity contribution in [2.24, 2.45) is 0 Å². The first kappa shape index (κ1) is 12.0. The molecule has 3 N–H and O–H groups in total. The minimum atomic E-state index is 0.00951. The lowest BCUT2D eigenvalue weighted by Crippen LogP contribution is -2.30. The Balaban J connectivity index is 1.83. The number of rotatable bonds is 4. The lowest BCUT2D eigenvalue weighted by molar-refractivity contribution is 0.220. The fourth-order valence-electron chi connectivity index (χ4n) is 1.60. The summed E-state index contributed by atoms with van der Waals surface area (Å²) in [6, 6.07) is 1.74. The second kappa shape index (κ2) is 5.22. The van der Waals surface area contributed by atoms with Gasteiger partial charge >= 0.3 is 6.03 Å². The number of hydrogen-bond donors (Lipinski definition) is 2. The molecule has 0 unspecified atom stereocenters. The van der Waals surface area contributed by atoms with Gasteiger partial charge in [0.15, 0.2) is 5.16 Å². The number of nitrogens with one attached hydrogen (secondary N) is 1. The number of aromatic nitrogens is 2. The van der Waals surface area contributed by atoms with E-state index in [9.17, 15) is 4.79 Å². The molecule has 1 aliphatic heterocycles. The number of hydrogen-bond acceptors (Lipinski definition) is 5. The van der Waals surface area contributed by atoms with E-state index in [0.717, 1.165) is 24.5 Å². The standard InChI is InChI=1S/C10H15N5OS/c1-7-6-8(11)14-9(13-7)17-5-4-15-3-2-12-10(15)16/h6H,2-5H2,1H3,(H,12,16)(H2,11,13,14). The maximum absolute atomic E-state index is 11.3. The molecule has 2 heterocycles. The van der Waals surface area contributed by atoms with E-state index in [1.807, 2.05) is 6.92 Å². The van der Waals surface area contributed by atoms with E-state index >= 15 is 0 Å². The van der Waals surface area contributed by atoms with Gasteiger partial charge in [0.25, 0.3) is 0 Å². The van der Waals surface area contributed by atoms with Gasteiger partial charge in [0.1, 0.15) is 5.82 Å². The van der Waals surface area contributed by atoms with Gasteiger partial charge in [0.05, 0.1) is 0 Å². The monoisotopic (exact) mass is 253 g/mol. The number of thioether (sulfide) groups is 1. The van der Waals surface area contributed by atoms with Gasteiger partial charge in [-0.05, 0) is 6.92 Å². The van der Waals surface area contributed by atoms with Crippen LogP contribution in [0, 0.1) is 6.92 Å². The highest BCUT2D eigenvalue weighted by atomic mass is 32.2. The number of nitrogens with two attached hydrogens (primary N) is 1.